The molecule has 2 unspecified atom stereocenters. The van der Waals surface area contributed by atoms with Gasteiger partial charge < -0.3 is 9.47 Å². The summed E-state index contributed by atoms with van der Waals surface area (Å²) in [5, 5.41) is 0. The first-order valence-electron chi connectivity index (χ1n) is 7.45. The zero-order valence-corrected chi connectivity index (χ0v) is 12.6. The molecule has 0 amide bonds. The first kappa shape index (κ1) is 14.9. The fourth-order valence-corrected chi connectivity index (χ4v) is 3.20. The van der Waals surface area contributed by atoms with Gasteiger partial charge in [-0.25, -0.2) is 0 Å². The average Bonchev–Trinajstić information content (AvgIpc) is 2.86. The van der Waals surface area contributed by atoms with Crippen molar-refractivity contribution in [1.82, 2.24) is 0 Å². The van der Waals surface area contributed by atoms with E-state index in [-0.39, 0.29) is 11.9 Å². The van der Waals surface area contributed by atoms with Crippen LogP contribution < -0.4 is 4.74 Å². The van der Waals surface area contributed by atoms with Crippen LogP contribution in [0, 0.1) is 18.8 Å². The fraction of sp³-hybridized carbons (Fsp3) is 0.588. The molecule has 3 heteroatoms. The molecule has 2 atom stereocenters. The molecule has 1 aliphatic rings. The normalized spacial score (nSPS) is 21.8. The van der Waals surface area contributed by atoms with Gasteiger partial charge in [-0.15, -0.1) is 0 Å². The summed E-state index contributed by atoms with van der Waals surface area (Å²) in [5.41, 5.74) is 2.45. The first-order valence-corrected chi connectivity index (χ1v) is 7.45. The van der Waals surface area contributed by atoms with Crippen LogP contribution in [0.4, 0.5) is 0 Å². The molecule has 20 heavy (non-hydrogen) atoms. The third-order valence-corrected chi connectivity index (χ3v) is 4.09. The minimum atomic E-state index is -0.0189. The summed E-state index contributed by atoms with van der Waals surface area (Å²) >= 11 is 0. The molecule has 3 nitrogen and oxygen atoms in total. The third kappa shape index (κ3) is 3.53. The summed E-state index contributed by atoms with van der Waals surface area (Å²) in [7, 11) is 1.69. The molecule has 1 aliphatic carbocycles. The highest BCUT2D eigenvalue weighted by molar-refractivity contribution is 5.73. The SMILES string of the molecule is CCOC(=O)C1CCCC1Cc1cc(C)cc(OC)c1. The molecule has 0 aromatic heterocycles. The second kappa shape index (κ2) is 6.78. The molecular weight excluding hydrogens is 252 g/mol. The molecule has 0 saturated heterocycles. The van der Waals surface area contributed by atoms with Crippen molar-refractivity contribution in [2.45, 2.75) is 39.5 Å². The fourth-order valence-electron chi connectivity index (χ4n) is 3.20. The number of benzene rings is 1. The van der Waals surface area contributed by atoms with Gasteiger partial charge in [0.2, 0.25) is 0 Å². The molecule has 0 bridgehead atoms. The van der Waals surface area contributed by atoms with Crippen LogP contribution in [0.5, 0.6) is 5.75 Å². The van der Waals surface area contributed by atoms with Crippen LogP contribution in [0.1, 0.15) is 37.3 Å². The lowest BCUT2D eigenvalue weighted by Gasteiger charge is -2.18. The maximum absolute atomic E-state index is 12.0. The number of methoxy groups -OCH3 is 1. The van der Waals surface area contributed by atoms with Crippen molar-refractivity contribution in [3.8, 4) is 5.75 Å². The summed E-state index contributed by atoms with van der Waals surface area (Å²) in [4.78, 5) is 12.0. The number of carbonyl (C=O) groups excluding carboxylic acids is 1. The van der Waals surface area contributed by atoms with Crippen molar-refractivity contribution in [2.24, 2.45) is 11.8 Å². The molecule has 0 spiro atoms. The molecule has 0 aliphatic heterocycles. The number of ether oxygens (including phenoxy) is 2. The van der Waals surface area contributed by atoms with E-state index >= 15 is 0 Å². The summed E-state index contributed by atoms with van der Waals surface area (Å²) in [6.07, 6.45) is 4.13. The number of carbonyl (C=O) groups is 1. The maximum atomic E-state index is 12.0. The van der Waals surface area contributed by atoms with Crippen molar-refractivity contribution in [2.75, 3.05) is 13.7 Å². The number of rotatable bonds is 5. The van der Waals surface area contributed by atoms with E-state index in [0.29, 0.717) is 12.5 Å². The van der Waals surface area contributed by atoms with Crippen LogP contribution >= 0.6 is 0 Å². The Morgan fingerprint density at radius 3 is 2.80 bits per heavy atom. The highest BCUT2D eigenvalue weighted by Gasteiger charge is 2.33. The second-order valence-electron chi connectivity index (χ2n) is 5.61. The zero-order chi connectivity index (χ0) is 14.5. The molecule has 110 valence electrons. The lowest BCUT2D eigenvalue weighted by molar-refractivity contribution is -0.149. The second-order valence-corrected chi connectivity index (χ2v) is 5.61. The lowest BCUT2D eigenvalue weighted by atomic mass is 9.89. The van der Waals surface area contributed by atoms with Crippen LogP contribution in [0.2, 0.25) is 0 Å². The predicted octanol–water partition coefficient (Wildman–Crippen LogP) is 3.53. The van der Waals surface area contributed by atoms with E-state index in [1.165, 1.54) is 11.1 Å². The Hall–Kier alpha value is -1.51. The maximum Gasteiger partial charge on any atom is 0.309 e. The van der Waals surface area contributed by atoms with E-state index in [0.717, 1.165) is 31.4 Å². The largest absolute Gasteiger partial charge is 0.497 e. The highest BCUT2D eigenvalue weighted by atomic mass is 16.5. The Labute approximate surface area is 121 Å². The van der Waals surface area contributed by atoms with Crippen LogP contribution in [-0.4, -0.2) is 19.7 Å². The van der Waals surface area contributed by atoms with Crippen molar-refractivity contribution >= 4 is 5.97 Å². The highest BCUT2D eigenvalue weighted by Crippen LogP contribution is 2.35. The molecule has 1 fully saturated rings. The Bertz CT molecular complexity index is 467. The van der Waals surface area contributed by atoms with Gasteiger partial charge in [0.15, 0.2) is 0 Å². The number of hydrogen-bond acceptors (Lipinski definition) is 3. The van der Waals surface area contributed by atoms with Crippen molar-refractivity contribution in [1.29, 1.82) is 0 Å². The molecule has 2 rings (SSSR count). The molecule has 1 aromatic rings. The van der Waals surface area contributed by atoms with E-state index in [1.54, 1.807) is 7.11 Å². The zero-order valence-electron chi connectivity index (χ0n) is 12.6. The third-order valence-electron chi connectivity index (χ3n) is 4.09. The Balaban J connectivity index is 2.08. The monoisotopic (exact) mass is 276 g/mol. The smallest absolute Gasteiger partial charge is 0.309 e. The quantitative estimate of drug-likeness (QED) is 0.772. The molecule has 1 saturated carbocycles. The van der Waals surface area contributed by atoms with Gasteiger partial charge in [-0.1, -0.05) is 12.5 Å². The van der Waals surface area contributed by atoms with Crippen LogP contribution in [0.3, 0.4) is 0 Å². The molecule has 0 N–H and O–H groups in total. The molecular formula is C17H24O3. The standard InChI is InChI=1S/C17H24O3/c1-4-20-17(18)16-7-5-6-14(16)10-13-8-12(2)9-15(11-13)19-3/h8-9,11,14,16H,4-7,10H2,1-3H3. The summed E-state index contributed by atoms with van der Waals surface area (Å²) in [6.45, 7) is 4.41. The lowest BCUT2D eigenvalue weighted by Crippen LogP contribution is -2.23. The minimum Gasteiger partial charge on any atom is -0.497 e. The van der Waals surface area contributed by atoms with Crippen molar-refractivity contribution in [3.05, 3.63) is 29.3 Å². The molecule has 1 aromatic carbocycles. The van der Waals surface area contributed by atoms with E-state index in [9.17, 15) is 4.79 Å². The van der Waals surface area contributed by atoms with E-state index in [2.05, 4.69) is 19.1 Å². The van der Waals surface area contributed by atoms with Crippen LogP contribution in [-0.2, 0) is 16.0 Å². The van der Waals surface area contributed by atoms with Gasteiger partial charge >= 0.3 is 5.97 Å². The summed E-state index contributed by atoms with van der Waals surface area (Å²) in [5.74, 6) is 1.35. The number of aryl methyl sites for hydroxylation is 1. The number of esters is 1. The summed E-state index contributed by atoms with van der Waals surface area (Å²) in [6, 6.07) is 6.29. The molecule has 0 heterocycles. The Kier molecular flexibility index (Phi) is 5.05. The van der Waals surface area contributed by atoms with Crippen LogP contribution in [0.15, 0.2) is 18.2 Å². The van der Waals surface area contributed by atoms with Crippen molar-refractivity contribution in [3.63, 3.8) is 0 Å². The molecule has 0 radical (unpaired) electrons. The van der Waals surface area contributed by atoms with E-state index in [4.69, 9.17) is 9.47 Å². The van der Waals surface area contributed by atoms with Gasteiger partial charge in [0.05, 0.1) is 19.6 Å². The topological polar surface area (TPSA) is 35.5 Å². The van der Waals surface area contributed by atoms with Gasteiger partial charge in [0, 0.05) is 0 Å². The average molecular weight is 276 g/mol. The van der Waals surface area contributed by atoms with Crippen LogP contribution in [0.25, 0.3) is 0 Å². The van der Waals surface area contributed by atoms with Gasteiger partial charge in [-0.3, -0.25) is 4.79 Å². The number of hydrogen-bond donors (Lipinski definition) is 0. The van der Waals surface area contributed by atoms with Gasteiger partial charge in [0.25, 0.3) is 0 Å². The van der Waals surface area contributed by atoms with Gasteiger partial charge in [-0.05, 0) is 62.3 Å². The Morgan fingerprint density at radius 2 is 2.10 bits per heavy atom. The first-order chi connectivity index (χ1) is 9.63. The van der Waals surface area contributed by atoms with E-state index < -0.39 is 0 Å². The van der Waals surface area contributed by atoms with Gasteiger partial charge in [0.1, 0.15) is 5.75 Å². The van der Waals surface area contributed by atoms with E-state index in [1.807, 2.05) is 13.0 Å². The predicted molar refractivity (Wildman–Crippen MR) is 78.9 cm³/mol. The summed E-state index contributed by atoms with van der Waals surface area (Å²) < 4.78 is 10.5. The van der Waals surface area contributed by atoms with Crippen molar-refractivity contribution < 1.29 is 14.3 Å². The Morgan fingerprint density at radius 1 is 1.30 bits per heavy atom. The van der Waals surface area contributed by atoms with Gasteiger partial charge in [-0.2, -0.15) is 0 Å². The minimum absolute atomic E-state index is 0.0189.